The van der Waals surface area contributed by atoms with Gasteiger partial charge in [-0.2, -0.15) is 0 Å². The molecule has 1 aliphatic heterocycles. The summed E-state index contributed by atoms with van der Waals surface area (Å²) in [6.45, 7) is 6.05. The number of carbonyl (C=O) groups excluding carboxylic acids is 1. The van der Waals surface area contributed by atoms with Crippen LogP contribution in [0.5, 0.6) is 0 Å². The van der Waals surface area contributed by atoms with Crippen molar-refractivity contribution in [2.45, 2.75) is 19.4 Å². The zero-order chi connectivity index (χ0) is 14.6. The Labute approximate surface area is 123 Å². The Hall–Kier alpha value is -1.88. The highest BCUT2D eigenvalue weighted by Gasteiger charge is 2.57. The van der Waals surface area contributed by atoms with Crippen LogP contribution in [0, 0.1) is 17.8 Å². The van der Waals surface area contributed by atoms with Crippen LogP contribution in [-0.4, -0.2) is 28.4 Å². The SMILES string of the molecule is CC(C)(NC(=O)C1[C@H]2CNC[C@@H]12)c1cnc2ccccn12. The number of aromatic nitrogens is 2. The van der Waals surface area contributed by atoms with Gasteiger partial charge in [-0.15, -0.1) is 0 Å². The number of rotatable bonds is 3. The van der Waals surface area contributed by atoms with Crippen LogP contribution in [0.4, 0.5) is 0 Å². The maximum absolute atomic E-state index is 12.5. The predicted octanol–water partition coefficient (Wildman–Crippen LogP) is 1.15. The molecule has 3 heterocycles. The van der Waals surface area contributed by atoms with Gasteiger partial charge in [-0.25, -0.2) is 4.98 Å². The summed E-state index contributed by atoms with van der Waals surface area (Å²) >= 11 is 0. The molecule has 110 valence electrons. The normalized spacial score (nSPS) is 27.6. The molecule has 0 radical (unpaired) electrons. The summed E-state index contributed by atoms with van der Waals surface area (Å²) in [4.78, 5) is 16.9. The molecule has 2 N–H and O–H groups in total. The topological polar surface area (TPSA) is 58.4 Å². The summed E-state index contributed by atoms with van der Waals surface area (Å²) in [5.41, 5.74) is 1.49. The number of pyridine rings is 1. The van der Waals surface area contributed by atoms with Crippen molar-refractivity contribution < 1.29 is 4.79 Å². The molecule has 1 unspecified atom stereocenters. The van der Waals surface area contributed by atoms with Crippen LogP contribution in [-0.2, 0) is 10.3 Å². The van der Waals surface area contributed by atoms with Gasteiger partial charge in [-0.05, 0) is 50.9 Å². The molecule has 2 fully saturated rings. The first-order valence-electron chi connectivity index (χ1n) is 7.53. The highest BCUT2D eigenvalue weighted by Crippen LogP contribution is 2.49. The number of hydrogen-bond acceptors (Lipinski definition) is 3. The van der Waals surface area contributed by atoms with Crippen LogP contribution in [0.15, 0.2) is 30.6 Å². The van der Waals surface area contributed by atoms with Crippen LogP contribution in [0.25, 0.3) is 5.65 Å². The molecule has 2 aromatic rings. The summed E-state index contributed by atoms with van der Waals surface area (Å²) in [6.07, 6.45) is 3.84. The second-order valence-corrected chi connectivity index (χ2v) is 6.70. The van der Waals surface area contributed by atoms with Gasteiger partial charge in [0.25, 0.3) is 0 Å². The third kappa shape index (κ3) is 1.95. The minimum absolute atomic E-state index is 0.183. The molecule has 1 aliphatic carbocycles. The van der Waals surface area contributed by atoms with Crippen molar-refractivity contribution in [3.8, 4) is 0 Å². The third-order valence-corrected chi connectivity index (χ3v) is 4.89. The van der Waals surface area contributed by atoms with Crippen molar-refractivity contribution in [2.24, 2.45) is 17.8 Å². The van der Waals surface area contributed by atoms with Crippen LogP contribution in [0.1, 0.15) is 19.5 Å². The number of fused-ring (bicyclic) bond motifs is 2. The van der Waals surface area contributed by atoms with Gasteiger partial charge in [0.1, 0.15) is 5.65 Å². The van der Waals surface area contributed by atoms with Gasteiger partial charge < -0.3 is 15.0 Å². The van der Waals surface area contributed by atoms with Gasteiger partial charge in [-0.1, -0.05) is 6.07 Å². The van der Waals surface area contributed by atoms with E-state index in [2.05, 4.69) is 15.6 Å². The fourth-order valence-corrected chi connectivity index (χ4v) is 3.66. The van der Waals surface area contributed by atoms with Crippen molar-refractivity contribution in [2.75, 3.05) is 13.1 Å². The molecule has 1 saturated carbocycles. The monoisotopic (exact) mass is 284 g/mol. The summed E-state index contributed by atoms with van der Waals surface area (Å²) in [5.74, 6) is 1.47. The lowest BCUT2D eigenvalue weighted by Crippen LogP contribution is -2.43. The lowest BCUT2D eigenvalue weighted by Gasteiger charge is -2.26. The van der Waals surface area contributed by atoms with Crippen molar-refractivity contribution in [3.63, 3.8) is 0 Å². The van der Waals surface area contributed by atoms with Gasteiger partial charge in [0, 0.05) is 12.1 Å². The number of hydrogen-bond donors (Lipinski definition) is 2. The highest BCUT2D eigenvalue weighted by molar-refractivity contribution is 5.83. The van der Waals surface area contributed by atoms with E-state index in [9.17, 15) is 4.79 Å². The molecule has 2 aromatic heterocycles. The Kier molecular flexibility index (Phi) is 2.63. The fourth-order valence-electron chi connectivity index (χ4n) is 3.66. The molecule has 5 nitrogen and oxygen atoms in total. The number of nitrogens with zero attached hydrogens (tertiary/aromatic N) is 2. The van der Waals surface area contributed by atoms with Gasteiger partial charge in [0.2, 0.25) is 5.91 Å². The zero-order valence-electron chi connectivity index (χ0n) is 12.3. The highest BCUT2D eigenvalue weighted by atomic mass is 16.2. The molecule has 5 heteroatoms. The number of imidazole rings is 1. The number of carbonyl (C=O) groups is 1. The second kappa shape index (κ2) is 4.31. The predicted molar refractivity (Wildman–Crippen MR) is 79.7 cm³/mol. The second-order valence-electron chi connectivity index (χ2n) is 6.70. The molecule has 21 heavy (non-hydrogen) atoms. The smallest absolute Gasteiger partial charge is 0.224 e. The standard InChI is InChI=1S/C16H20N4O/c1-16(2,12-9-18-13-5-3-4-6-20(12)13)19-15(21)14-10-7-17-8-11(10)14/h3-6,9-11,14,17H,7-8H2,1-2H3,(H,19,21)/t10-,11+,14?. The first-order valence-corrected chi connectivity index (χ1v) is 7.53. The molecular weight excluding hydrogens is 264 g/mol. The zero-order valence-corrected chi connectivity index (χ0v) is 12.3. The van der Waals surface area contributed by atoms with Crippen molar-refractivity contribution in [3.05, 3.63) is 36.3 Å². The summed E-state index contributed by atoms with van der Waals surface area (Å²) in [6, 6.07) is 5.92. The number of amides is 1. The first-order chi connectivity index (χ1) is 10.1. The van der Waals surface area contributed by atoms with E-state index in [0.717, 1.165) is 24.4 Å². The number of nitrogens with one attached hydrogen (secondary N) is 2. The van der Waals surface area contributed by atoms with Crippen LogP contribution in [0.3, 0.4) is 0 Å². The third-order valence-electron chi connectivity index (χ3n) is 4.89. The Bertz CT molecular complexity index is 695. The van der Waals surface area contributed by atoms with E-state index >= 15 is 0 Å². The van der Waals surface area contributed by atoms with Crippen molar-refractivity contribution in [1.82, 2.24) is 20.0 Å². The summed E-state index contributed by atoms with van der Waals surface area (Å²) in [5, 5.41) is 6.54. The maximum atomic E-state index is 12.5. The van der Waals surface area contributed by atoms with E-state index in [1.807, 2.05) is 48.8 Å². The van der Waals surface area contributed by atoms with Gasteiger partial charge in [-0.3, -0.25) is 4.79 Å². The van der Waals surface area contributed by atoms with E-state index in [1.54, 1.807) is 0 Å². The lowest BCUT2D eigenvalue weighted by molar-refractivity contribution is -0.124. The van der Waals surface area contributed by atoms with Gasteiger partial charge >= 0.3 is 0 Å². The van der Waals surface area contributed by atoms with Crippen LogP contribution < -0.4 is 10.6 Å². The lowest BCUT2D eigenvalue weighted by atomic mass is 10.0. The Morgan fingerprint density at radius 1 is 1.38 bits per heavy atom. The largest absolute Gasteiger partial charge is 0.345 e. The number of piperidine rings is 1. The molecule has 1 amide bonds. The molecule has 2 aliphatic rings. The Balaban J connectivity index is 1.57. The van der Waals surface area contributed by atoms with E-state index in [-0.39, 0.29) is 11.8 Å². The quantitative estimate of drug-likeness (QED) is 0.889. The average Bonchev–Trinajstić information content (AvgIpc) is 2.82. The molecule has 0 bridgehead atoms. The van der Waals surface area contributed by atoms with Crippen molar-refractivity contribution >= 4 is 11.6 Å². The van der Waals surface area contributed by atoms with E-state index in [1.165, 1.54) is 0 Å². The van der Waals surface area contributed by atoms with E-state index < -0.39 is 5.54 Å². The average molecular weight is 284 g/mol. The van der Waals surface area contributed by atoms with Crippen molar-refractivity contribution in [1.29, 1.82) is 0 Å². The summed E-state index contributed by atoms with van der Waals surface area (Å²) < 4.78 is 2.04. The minimum atomic E-state index is -0.428. The van der Waals surface area contributed by atoms with Crippen LogP contribution in [0.2, 0.25) is 0 Å². The first kappa shape index (κ1) is 12.8. The molecular formula is C16H20N4O. The Morgan fingerprint density at radius 2 is 2.14 bits per heavy atom. The molecule has 0 spiro atoms. The maximum Gasteiger partial charge on any atom is 0.224 e. The fraction of sp³-hybridized carbons (Fsp3) is 0.500. The van der Waals surface area contributed by atoms with Gasteiger partial charge in [0.05, 0.1) is 17.4 Å². The summed E-state index contributed by atoms with van der Waals surface area (Å²) in [7, 11) is 0. The molecule has 0 aromatic carbocycles. The molecule has 4 rings (SSSR count). The van der Waals surface area contributed by atoms with E-state index in [0.29, 0.717) is 11.8 Å². The van der Waals surface area contributed by atoms with E-state index in [4.69, 9.17) is 0 Å². The Morgan fingerprint density at radius 3 is 2.90 bits per heavy atom. The molecule has 1 saturated heterocycles. The van der Waals surface area contributed by atoms with Gasteiger partial charge in [0.15, 0.2) is 0 Å². The minimum Gasteiger partial charge on any atom is -0.345 e. The molecule has 3 atom stereocenters. The van der Waals surface area contributed by atoms with Crippen LogP contribution >= 0.6 is 0 Å².